The largest absolute Gasteiger partial charge is 0.353 e. The zero-order chi connectivity index (χ0) is 16.2. The van der Waals surface area contributed by atoms with Crippen molar-refractivity contribution in [2.75, 3.05) is 19.6 Å². The molecule has 0 saturated carbocycles. The lowest BCUT2D eigenvalue weighted by Crippen LogP contribution is -2.49. The maximum absolute atomic E-state index is 13.2. The minimum absolute atomic E-state index is 0.0698. The Morgan fingerprint density at radius 3 is 2.96 bits per heavy atom. The minimum Gasteiger partial charge on any atom is -0.353 e. The number of benzene rings is 1. The maximum Gasteiger partial charge on any atom is 0.254 e. The van der Waals surface area contributed by atoms with E-state index in [0.29, 0.717) is 30.8 Å². The zero-order valence-corrected chi connectivity index (χ0v) is 12.5. The van der Waals surface area contributed by atoms with Crippen molar-refractivity contribution in [2.45, 2.75) is 6.42 Å². The maximum atomic E-state index is 13.2. The summed E-state index contributed by atoms with van der Waals surface area (Å²) in [5.74, 6) is -0.643. The molecule has 0 unspecified atom stereocenters. The molecule has 0 aliphatic carbocycles. The molecule has 0 spiro atoms. The fourth-order valence-electron chi connectivity index (χ4n) is 2.56. The summed E-state index contributed by atoms with van der Waals surface area (Å²) < 4.78 is 13.2. The van der Waals surface area contributed by atoms with E-state index in [1.54, 1.807) is 24.4 Å². The van der Waals surface area contributed by atoms with Gasteiger partial charge >= 0.3 is 0 Å². The van der Waals surface area contributed by atoms with Crippen LogP contribution < -0.4 is 5.32 Å². The van der Waals surface area contributed by atoms with Gasteiger partial charge in [0.15, 0.2) is 0 Å². The van der Waals surface area contributed by atoms with Gasteiger partial charge in [-0.3, -0.25) is 14.6 Å². The van der Waals surface area contributed by atoms with Gasteiger partial charge in [-0.2, -0.15) is 0 Å². The summed E-state index contributed by atoms with van der Waals surface area (Å²) in [6, 6.07) is 9.62. The van der Waals surface area contributed by atoms with Gasteiger partial charge in [0.2, 0.25) is 5.91 Å². The molecule has 1 fully saturated rings. The van der Waals surface area contributed by atoms with E-state index in [1.165, 1.54) is 17.0 Å². The standard InChI is InChI=1S/C17H16FN3O2/c18-14-3-1-2-12(8-14)9-15-10-13(4-5-19-15)17(23)21-7-6-20-16(22)11-21/h1-5,8,10H,6-7,9,11H2,(H,20,22). The molecule has 2 aromatic rings. The lowest BCUT2D eigenvalue weighted by molar-refractivity contribution is -0.123. The van der Waals surface area contributed by atoms with Gasteiger partial charge in [-0.25, -0.2) is 4.39 Å². The van der Waals surface area contributed by atoms with Gasteiger partial charge in [0.1, 0.15) is 5.82 Å². The van der Waals surface area contributed by atoms with E-state index in [0.717, 1.165) is 5.56 Å². The van der Waals surface area contributed by atoms with Crippen LogP contribution in [0.25, 0.3) is 0 Å². The highest BCUT2D eigenvalue weighted by Gasteiger charge is 2.22. The second-order valence-corrected chi connectivity index (χ2v) is 5.42. The van der Waals surface area contributed by atoms with Crippen molar-refractivity contribution in [3.8, 4) is 0 Å². The van der Waals surface area contributed by atoms with Crippen LogP contribution in [-0.4, -0.2) is 41.3 Å². The van der Waals surface area contributed by atoms with Crippen molar-refractivity contribution < 1.29 is 14.0 Å². The number of nitrogens with one attached hydrogen (secondary N) is 1. The first-order valence-electron chi connectivity index (χ1n) is 7.37. The lowest BCUT2D eigenvalue weighted by Gasteiger charge is -2.26. The van der Waals surface area contributed by atoms with E-state index in [1.807, 2.05) is 6.07 Å². The molecule has 0 atom stereocenters. The predicted molar refractivity (Wildman–Crippen MR) is 82.4 cm³/mol. The fraction of sp³-hybridized carbons (Fsp3) is 0.235. The third kappa shape index (κ3) is 3.71. The number of carbonyl (C=O) groups excluding carboxylic acids is 2. The molecule has 1 aromatic heterocycles. The summed E-state index contributed by atoms with van der Waals surface area (Å²) in [5.41, 5.74) is 1.96. The van der Waals surface area contributed by atoms with Crippen LogP contribution in [0.1, 0.15) is 21.6 Å². The molecule has 1 aliphatic rings. The third-order valence-corrected chi connectivity index (χ3v) is 3.66. The van der Waals surface area contributed by atoms with E-state index in [9.17, 15) is 14.0 Å². The van der Waals surface area contributed by atoms with Gasteiger partial charge in [-0.15, -0.1) is 0 Å². The molecule has 1 aliphatic heterocycles. The van der Waals surface area contributed by atoms with Gasteiger partial charge in [-0.05, 0) is 29.8 Å². The Morgan fingerprint density at radius 2 is 2.17 bits per heavy atom. The topological polar surface area (TPSA) is 62.3 Å². The highest BCUT2D eigenvalue weighted by atomic mass is 19.1. The van der Waals surface area contributed by atoms with Crippen molar-refractivity contribution in [3.63, 3.8) is 0 Å². The molecule has 3 rings (SSSR count). The smallest absolute Gasteiger partial charge is 0.254 e. The van der Waals surface area contributed by atoms with Crippen LogP contribution in [0, 0.1) is 5.82 Å². The summed E-state index contributed by atoms with van der Waals surface area (Å²) in [7, 11) is 0. The summed E-state index contributed by atoms with van der Waals surface area (Å²) in [6.07, 6.45) is 2.01. The number of piperazine rings is 1. The van der Waals surface area contributed by atoms with Gasteiger partial charge in [0.25, 0.3) is 5.91 Å². The number of halogens is 1. The van der Waals surface area contributed by atoms with Gasteiger partial charge in [0, 0.05) is 37.0 Å². The minimum atomic E-state index is -0.297. The number of carbonyl (C=O) groups is 2. The monoisotopic (exact) mass is 313 g/mol. The molecule has 1 N–H and O–H groups in total. The molecular formula is C17H16FN3O2. The number of rotatable bonds is 3. The molecule has 0 bridgehead atoms. The van der Waals surface area contributed by atoms with E-state index in [4.69, 9.17) is 0 Å². The van der Waals surface area contributed by atoms with Crippen molar-refractivity contribution >= 4 is 11.8 Å². The molecular weight excluding hydrogens is 297 g/mol. The van der Waals surface area contributed by atoms with E-state index in [2.05, 4.69) is 10.3 Å². The zero-order valence-electron chi connectivity index (χ0n) is 12.5. The van der Waals surface area contributed by atoms with Crippen LogP contribution in [0.15, 0.2) is 42.6 Å². The van der Waals surface area contributed by atoms with Crippen LogP contribution in [-0.2, 0) is 11.2 Å². The molecule has 2 amide bonds. The van der Waals surface area contributed by atoms with Crippen LogP contribution in [0.4, 0.5) is 4.39 Å². The van der Waals surface area contributed by atoms with Crippen molar-refractivity contribution in [1.82, 2.24) is 15.2 Å². The first kappa shape index (κ1) is 15.1. The number of amides is 2. The van der Waals surface area contributed by atoms with Gasteiger partial charge in [0.05, 0.1) is 6.54 Å². The van der Waals surface area contributed by atoms with Gasteiger partial charge < -0.3 is 10.2 Å². The highest BCUT2D eigenvalue weighted by Crippen LogP contribution is 2.12. The summed E-state index contributed by atoms with van der Waals surface area (Å²) in [6.45, 7) is 1.03. The van der Waals surface area contributed by atoms with Crippen LogP contribution >= 0.6 is 0 Å². The van der Waals surface area contributed by atoms with E-state index >= 15 is 0 Å². The summed E-state index contributed by atoms with van der Waals surface area (Å²) >= 11 is 0. The Hall–Kier alpha value is -2.76. The number of pyridine rings is 1. The SMILES string of the molecule is O=C1CN(C(=O)c2ccnc(Cc3cccc(F)c3)c2)CCN1. The predicted octanol–water partition coefficient (Wildman–Crippen LogP) is 1.38. The number of hydrogen-bond donors (Lipinski definition) is 1. The number of nitrogens with zero attached hydrogens (tertiary/aromatic N) is 2. The third-order valence-electron chi connectivity index (χ3n) is 3.66. The van der Waals surface area contributed by atoms with Crippen LogP contribution in [0.5, 0.6) is 0 Å². The van der Waals surface area contributed by atoms with Crippen LogP contribution in [0.3, 0.4) is 0 Å². The molecule has 118 valence electrons. The highest BCUT2D eigenvalue weighted by molar-refractivity contribution is 5.97. The van der Waals surface area contributed by atoms with Crippen molar-refractivity contribution in [1.29, 1.82) is 0 Å². The normalized spacial score (nSPS) is 14.5. The number of hydrogen-bond acceptors (Lipinski definition) is 3. The Bertz CT molecular complexity index is 748. The first-order valence-corrected chi connectivity index (χ1v) is 7.37. The average molecular weight is 313 g/mol. The average Bonchev–Trinajstić information content (AvgIpc) is 2.54. The molecule has 5 nitrogen and oxygen atoms in total. The summed E-state index contributed by atoms with van der Waals surface area (Å²) in [4.78, 5) is 29.6. The molecule has 1 saturated heterocycles. The molecule has 1 aromatic carbocycles. The van der Waals surface area contributed by atoms with E-state index in [-0.39, 0.29) is 24.2 Å². The van der Waals surface area contributed by atoms with Crippen LogP contribution in [0.2, 0.25) is 0 Å². The van der Waals surface area contributed by atoms with E-state index < -0.39 is 0 Å². The second-order valence-electron chi connectivity index (χ2n) is 5.42. The summed E-state index contributed by atoms with van der Waals surface area (Å²) in [5, 5.41) is 2.69. The second kappa shape index (κ2) is 6.56. The Balaban J connectivity index is 1.76. The quantitative estimate of drug-likeness (QED) is 0.931. The molecule has 6 heteroatoms. The Labute approximate surface area is 133 Å². The molecule has 2 heterocycles. The molecule has 23 heavy (non-hydrogen) atoms. The van der Waals surface area contributed by atoms with Crippen molar-refractivity contribution in [2.24, 2.45) is 0 Å². The van der Waals surface area contributed by atoms with Gasteiger partial charge in [-0.1, -0.05) is 12.1 Å². The first-order chi connectivity index (χ1) is 11.1. The number of aromatic nitrogens is 1. The Morgan fingerprint density at radius 1 is 1.30 bits per heavy atom. The van der Waals surface area contributed by atoms with Crippen molar-refractivity contribution in [3.05, 3.63) is 65.2 Å². The lowest BCUT2D eigenvalue weighted by atomic mass is 10.1. The molecule has 0 radical (unpaired) electrons. The fourth-order valence-corrected chi connectivity index (χ4v) is 2.56. The Kier molecular flexibility index (Phi) is 4.32.